The van der Waals surface area contributed by atoms with Gasteiger partial charge in [0.05, 0.1) is 33.9 Å². The van der Waals surface area contributed by atoms with Gasteiger partial charge in [0, 0.05) is 18.9 Å². The van der Waals surface area contributed by atoms with Crippen LogP contribution in [-0.4, -0.2) is 25.2 Å². The van der Waals surface area contributed by atoms with Crippen LogP contribution in [0.4, 0.5) is 11.4 Å². The van der Waals surface area contributed by atoms with Crippen LogP contribution in [0.2, 0.25) is 0 Å². The molecule has 0 atom stereocenters. The maximum atomic E-state index is 13.9. The van der Waals surface area contributed by atoms with Crippen molar-refractivity contribution in [3.05, 3.63) is 156 Å². The lowest BCUT2D eigenvalue weighted by Crippen LogP contribution is -2.32. The summed E-state index contributed by atoms with van der Waals surface area (Å²) in [5.74, 6) is -0.931. The molecule has 0 fully saturated rings. The van der Waals surface area contributed by atoms with Gasteiger partial charge >= 0.3 is 0 Å². The Hall–Kier alpha value is -5.28. The standard InChI is InChI=1S/C33H28N4O4S/c38-32(35-23-26-14-11-21-34-22-26)28-17-7-9-19-30(28)36-33(39)29-18-8-10-20-31(29)37(24-25-12-3-1-4-13-25)42(40,41)27-15-5-2-6-16-27/h1-22H,23-24H2,(H,35,38)(H,36,39). The third kappa shape index (κ3) is 6.54. The molecule has 9 heteroatoms. The normalized spacial score (nSPS) is 11.0. The molecule has 0 saturated heterocycles. The minimum atomic E-state index is -4.05. The van der Waals surface area contributed by atoms with E-state index in [1.165, 1.54) is 16.4 Å². The van der Waals surface area contributed by atoms with Crippen molar-refractivity contribution in [1.82, 2.24) is 10.3 Å². The number of nitrogens with one attached hydrogen (secondary N) is 2. The van der Waals surface area contributed by atoms with E-state index in [0.29, 0.717) is 5.69 Å². The monoisotopic (exact) mass is 576 g/mol. The average molecular weight is 577 g/mol. The second kappa shape index (κ2) is 12.9. The summed E-state index contributed by atoms with van der Waals surface area (Å²) < 4.78 is 29.1. The molecule has 1 aromatic heterocycles. The predicted molar refractivity (Wildman–Crippen MR) is 162 cm³/mol. The lowest BCUT2D eigenvalue weighted by atomic mass is 10.1. The van der Waals surface area contributed by atoms with E-state index in [2.05, 4.69) is 15.6 Å². The number of carbonyl (C=O) groups is 2. The van der Waals surface area contributed by atoms with Crippen molar-refractivity contribution in [1.29, 1.82) is 0 Å². The van der Waals surface area contributed by atoms with Gasteiger partial charge in [-0.05, 0) is 53.6 Å². The lowest BCUT2D eigenvalue weighted by Gasteiger charge is -2.26. The van der Waals surface area contributed by atoms with Crippen LogP contribution in [-0.2, 0) is 23.1 Å². The molecule has 0 bridgehead atoms. The van der Waals surface area contributed by atoms with Gasteiger partial charge in [0.1, 0.15) is 0 Å². The Balaban J connectivity index is 1.46. The fourth-order valence-electron chi connectivity index (χ4n) is 4.41. The number of amides is 2. The van der Waals surface area contributed by atoms with Crippen molar-refractivity contribution in [3.63, 3.8) is 0 Å². The number of anilines is 2. The molecule has 0 unspecified atom stereocenters. The van der Waals surface area contributed by atoms with E-state index in [1.807, 2.05) is 36.4 Å². The van der Waals surface area contributed by atoms with E-state index in [4.69, 9.17) is 0 Å². The Morgan fingerprint density at radius 2 is 1.29 bits per heavy atom. The van der Waals surface area contributed by atoms with E-state index < -0.39 is 15.9 Å². The molecule has 1 heterocycles. The molecule has 8 nitrogen and oxygen atoms in total. The van der Waals surface area contributed by atoms with Crippen molar-refractivity contribution < 1.29 is 18.0 Å². The van der Waals surface area contributed by atoms with Crippen LogP contribution in [0.1, 0.15) is 31.8 Å². The minimum absolute atomic E-state index is 0.00962. The Morgan fingerprint density at radius 1 is 0.667 bits per heavy atom. The van der Waals surface area contributed by atoms with Crippen LogP contribution in [0.15, 0.2) is 139 Å². The van der Waals surface area contributed by atoms with E-state index in [-0.39, 0.29) is 40.7 Å². The molecule has 0 aliphatic heterocycles. The summed E-state index contributed by atoms with van der Waals surface area (Å²) in [6.45, 7) is 0.277. The second-order valence-corrected chi connectivity index (χ2v) is 11.2. The van der Waals surface area contributed by atoms with E-state index in [1.54, 1.807) is 85.2 Å². The Kier molecular flexibility index (Phi) is 8.70. The first-order valence-corrected chi connectivity index (χ1v) is 14.7. The fourth-order valence-corrected chi connectivity index (χ4v) is 5.90. The number of nitrogens with zero attached hydrogens (tertiary/aromatic N) is 2. The molecule has 0 aliphatic carbocycles. The molecule has 0 aliphatic rings. The van der Waals surface area contributed by atoms with E-state index in [9.17, 15) is 18.0 Å². The highest BCUT2D eigenvalue weighted by atomic mass is 32.2. The van der Waals surface area contributed by atoms with Gasteiger partial charge in [-0.1, -0.05) is 78.9 Å². The molecule has 5 aromatic rings. The quantitative estimate of drug-likeness (QED) is 0.223. The highest BCUT2D eigenvalue weighted by Gasteiger charge is 2.29. The largest absolute Gasteiger partial charge is 0.348 e. The number of sulfonamides is 1. The Bertz CT molecular complexity index is 1780. The third-order valence-electron chi connectivity index (χ3n) is 6.51. The first-order valence-electron chi connectivity index (χ1n) is 13.2. The highest BCUT2D eigenvalue weighted by molar-refractivity contribution is 7.92. The average Bonchev–Trinajstić information content (AvgIpc) is 3.04. The predicted octanol–water partition coefficient (Wildman–Crippen LogP) is 5.66. The molecular formula is C33H28N4O4S. The zero-order valence-electron chi connectivity index (χ0n) is 22.6. The number of pyridine rings is 1. The van der Waals surface area contributed by atoms with Crippen LogP contribution in [0.5, 0.6) is 0 Å². The second-order valence-electron chi connectivity index (χ2n) is 9.37. The summed E-state index contributed by atoms with van der Waals surface area (Å²) in [7, 11) is -4.05. The number of hydrogen-bond acceptors (Lipinski definition) is 5. The smallest absolute Gasteiger partial charge is 0.264 e. The van der Waals surface area contributed by atoms with Gasteiger partial charge in [0.2, 0.25) is 0 Å². The van der Waals surface area contributed by atoms with Gasteiger partial charge in [0.25, 0.3) is 21.8 Å². The number of hydrogen-bond donors (Lipinski definition) is 2. The van der Waals surface area contributed by atoms with Crippen LogP contribution >= 0.6 is 0 Å². The van der Waals surface area contributed by atoms with Crippen molar-refractivity contribution in [2.75, 3.05) is 9.62 Å². The molecule has 0 saturated carbocycles. The molecule has 5 rings (SSSR count). The molecule has 2 amide bonds. The number of carbonyl (C=O) groups excluding carboxylic acids is 2. The molecule has 210 valence electrons. The number of aromatic nitrogens is 1. The third-order valence-corrected chi connectivity index (χ3v) is 8.29. The van der Waals surface area contributed by atoms with E-state index in [0.717, 1.165) is 11.1 Å². The zero-order valence-corrected chi connectivity index (χ0v) is 23.4. The lowest BCUT2D eigenvalue weighted by molar-refractivity contribution is 0.0951. The number of para-hydroxylation sites is 2. The minimum Gasteiger partial charge on any atom is -0.348 e. The molecule has 4 aromatic carbocycles. The van der Waals surface area contributed by atoms with Gasteiger partial charge < -0.3 is 10.6 Å². The molecule has 0 radical (unpaired) electrons. The van der Waals surface area contributed by atoms with Crippen molar-refractivity contribution >= 4 is 33.2 Å². The fraction of sp³-hybridized carbons (Fsp3) is 0.0606. The maximum Gasteiger partial charge on any atom is 0.264 e. The first-order chi connectivity index (χ1) is 20.4. The van der Waals surface area contributed by atoms with E-state index >= 15 is 0 Å². The summed E-state index contributed by atoms with van der Waals surface area (Å²) >= 11 is 0. The summed E-state index contributed by atoms with van der Waals surface area (Å²) in [5, 5.41) is 5.67. The zero-order chi connectivity index (χ0) is 29.4. The Morgan fingerprint density at radius 3 is 2.00 bits per heavy atom. The van der Waals surface area contributed by atoms with Crippen molar-refractivity contribution in [2.45, 2.75) is 18.0 Å². The summed E-state index contributed by atoms with van der Waals surface area (Å²) in [6.07, 6.45) is 3.32. The van der Waals surface area contributed by atoms with Crippen LogP contribution in [0.25, 0.3) is 0 Å². The summed E-state index contributed by atoms with van der Waals surface area (Å²) in [5.41, 5.74) is 2.49. The van der Waals surface area contributed by atoms with Crippen LogP contribution in [0, 0.1) is 0 Å². The molecule has 42 heavy (non-hydrogen) atoms. The molecule has 0 spiro atoms. The highest BCUT2D eigenvalue weighted by Crippen LogP contribution is 2.30. The first kappa shape index (κ1) is 28.3. The van der Waals surface area contributed by atoms with Gasteiger partial charge in [-0.25, -0.2) is 8.42 Å². The van der Waals surface area contributed by atoms with Gasteiger partial charge in [-0.3, -0.25) is 18.9 Å². The van der Waals surface area contributed by atoms with Crippen LogP contribution in [0.3, 0.4) is 0 Å². The Labute approximate surface area is 244 Å². The summed E-state index contributed by atoms with van der Waals surface area (Å²) in [6, 6.07) is 34.1. The maximum absolute atomic E-state index is 13.9. The molecule has 2 N–H and O–H groups in total. The number of rotatable bonds is 10. The van der Waals surface area contributed by atoms with Crippen molar-refractivity contribution in [2.24, 2.45) is 0 Å². The van der Waals surface area contributed by atoms with Crippen molar-refractivity contribution in [3.8, 4) is 0 Å². The molecular weight excluding hydrogens is 548 g/mol. The topological polar surface area (TPSA) is 108 Å². The van der Waals surface area contributed by atoms with Gasteiger partial charge in [0.15, 0.2) is 0 Å². The van der Waals surface area contributed by atoms with Crippen LogP contribution < -0.4 is 14.9 Å². The number of benzene rings is 4. The van der Waals surface area contributed by atoms with Gasteiger partial charge in [-0.2, -0.15) is 0 Å². The summed E-state index contributed by atoms with van der Waals surface area (Å²) in [4.78, 5) is 30.9. The van der Waals surface area contributed by atoms with Gasteiger partial charge in [-0.15, -0.1) is 0 Å². The SMILES string of the molecule is O=C(NCc1cccnc1)c1ccccc1NC(=O)c1ccccc1N(Cc1ccccc1)S(=O)(=O)c1ccccc1.